The highest BCUT2D eigenvalue weighted by atomic mass is 35.5. The molecule has 1 saturated heterocycles. The molecule has 3 fully saturated rings. The Hall–Kier alpha value is -4.43. The van der Waals surface area contributed by atoms with Crippen LogP contribution in [0.1, 0.15) is 111 Å². The van der Waals surface area contributed by atoms with Crippen LogP contribution in [0.3, 0.4) is 0 Å². The van der Waals surface area contributed by atoms with Gasteiger partial charge in [-0.15, -0.1) is 11.3 Å². The van der Waals surface area contributed by atoms with Crippen LogP contribution >= 0.6 is 34.5 Å². The highest BCUT2D eigenvalue weighted by molar-refractivity contribution is 7.19. The molecule has 2 saturated carbocycles. The minimum Gasteiger partial charge on any atom is -0.490 e. The number of carbonyl (C=O) groups is 1. The highest BCUT2D eigenvalue weighted by Gasteiger charge is 2.36. The number of hydrogen-bond acceptors (Lipinski definition) is 17. The lowest BCUT2D eigenvalue weighted by Crippen LogP contribution is -2.49. The third-order valence-electron chi connectivity index (χ3n) is 14.7. The molecule has 412 valence electrons. The highest BCUT2D eigenvalue weighted by Crippen LogP contribution is 2.54. The number of halogens is 2. The largest absolute Gasteiger partial charge is 0.490 e. The molecule has 0 N–H and O–H groups in total. The molecule has 76 heavy (non-hydrogen) atoms. The van der Waals surface area contributed by atoms with Gasteiger partial charge in [-0.1, -0.05) is 29.6 Å². The minimum atomic E-state index is -1.17. The standard InChI is InChI=1S/C57H74Cl2N6O10S/c1-35-46-36(2)50(59)51(49(35)58)73-43(31-65-21-19-64(6)20-22-65)33-71-42-15-16-44(72-32-40-17-18-60-53(63-40)38-11-13-41(14-12-38)70-28-27-69-26-25-68-24-23-67-7)39(29-42)30-45(56(66)75-57(3,4)5)74-54-48-47(46)52(37-9-8-10-37)76-55(48)62-34-61-54/h15-18,29,34,37-38,41,43,45H,8-14,19-28,30-33H2,1-7H3/t38?,41?,43-,45-/m1/s1. The summed E-state index contributed by atoms with van der Waals surface area (Å²) in [5.41, 5.74) is 4.01. The van der Waals surface area contributed by atoms with Crippen molar-refractivity contribution in [3.05, 3.63) is 79.9 Å². The van der Waals surface area contributed by atoms with Gasteiger partial charge in [0.15, 0.2) is 5.75 Å². The van der Waals surface area contributed by atoms with E-state index in [0.717, 1.165) is 110 Å². The molecule has 5 aromatic rings. The summed E-state index contributed by atoms with van der Waals surface area (Å²) >= 11 is 16.5. The Kier molecular flexibility index (Phi) is 19.3. The van der Waals surface area contributed by atoms with Gasteiger partial charge in [0.25, 0.3) is 0 Å². The molecule has 5 aliphatic rings. The molecule has 3 aliphatic heterocycles. The van der Waals surface area contributed by atoms with Crippen molar-refractivity contribution in [3.63, 3.8) is 0 Å². The van der Waals surface area contributed by atoms with Crippen LogP contribution in [0.25, 0.3) is 21.3 Å². The van der Waals surface area contributed by atoms with Crippen molar-refractivity contribution in [2.45, 2.75) is 128 Å². The number of benzene rings is 2. The molecule has 19 heteroatoms. The van der Waals surface area contributed by atoms with E-state index in [1.807, 2.05) is 58.9 Å². The average molecular weight is 1110 g/mol. The van der Waals surface area contributed by atoms with Crippen LogP contribution in [0.5, 0.6) is 23.1 Å². The lowest BCUT2D eigenvalue weighted by atomic mass is 9.80. The SMILES string of the molecule is COCCOCCOCCOC1CCC(c2nccc(COc3ccc4cc3C[C@H](C(=O)OC(C)(C)C)Oc3ncnc5sc(C6CCC6)c(c35)-c3c(C)c(Cl)c(c(Cl)c3C)O[C@H](CN3CCN(C)CC3)CO4)n2)CC1. The Balaban J connectivity index is 1.01. The maximum absolute atomic E-state index is 14.6. The summed E-state index contributed by atoms with van der Waals surface area (Å²) in [6, 6.07) is 7.53. The number of piperazine rings is 1. The van der Waals surface area contributed by atoms with Gasteiger partial charge < -0.3 is 47.5 Å². The fourth-order valence-electron chi connectivity index (χ4n) is 10.3. The van der Waals surface area contributed by atoms with Crippen LogP contribution < -0.4 is 18.9 Å². The summed E-state index contributed by atoms with van der Waals surface area (Å²) in [5, 5.41) is 1.55. The number of rotatable bonds is 18. The van der Waals surface area contributed by atoms with E-state index >= 15 is 0 Å². The van der Waals surface area contributed by atoms with Gasteiger partial charge in [-0.3, -0.25) is 4.90 Å². The summed E-state index contributed by atoms with van der Waals surface area (Å²) in [4.78, 5) is 40.6. The number of aromatic nitrogens is 4. The Morgan fingerprint density at radius 1 is 0.842 bits per heavy atom. The van der Waals surface area contributed by atoms with Crippen molar-refractivity contribution < 1.29 is 47.4 Å². The molecule has 0 amide bonds. The zero-order chi connectivity index (χ0) is 53.3. The van der Waals surface area contributed by atoms with Crippen LogP contribution in [0.4, 0.5) is 0 Å². The van der Waals surface area contributed by atoms with Gasteiger partial charge in [0.05, 0.1) is 66.9 Å². The quantitative estimate of drug-likeness (QED) is 0.0602. The predicted octanol–water partition coefficient (Wildman–Crippen LogP) is 10.4. The van der Waals surface area contributed by atoms with E-state index in [1.54, 1.807) is 24.6 Å². The smallest absolute Gasteiger partial charge is 0.348 e. The van der Waals surface area contributed by atoms with Gasteiger partial charge in [-0.05, 0) is 127 Å². The number of nitrogens with zero attached hydrogens (tertiary/aromatic N) is 6. The van der Waals surface area contributed by atoms with Crippen LogP contribution in [0.2, 0.25) is 10.0 Å². The molecule has 4 bridgehead atoms. The van der Waals surface area contributed by atoms with Gasteiger partial charge in [0.1, 0.15) is 53.4 Å². The lowest BCUT2D eigenvalue weighted by molar-refractivity contribution is -0.163. The Bertz CT molecular complexity index is 2730. The maximum Gasteiger partial charge on any atom is 0.348 e. The first-order valence-electron chi connectivity index (χ1n) is 26.9. The summed E-state index contributed by atoms with van der Waals surface area (Å²) < 4.78 is 55.7. The average Bonchev–Trinajstić information content (AvgIpc) is 3.76. The second kappa shape index (κ2) is 26.0. The van der Waals surface area contributed by atoms with Crippen LogP contribution in [-0.2, 0) is 41.5 Å². The first-order chi connectivity index (χ1) is 36.7. The number of fused-ring (bicyclic) bond motifs is 7. The minimum absolute atomic E-state index is 0.0584. The van der Waals surface area contributed by atoms with Crippen molar-refractivity contribution in [3.8, 4) is 34.3 Å². The molecule has 2 aliphatic carbocycles. The van der Waals surface area contributed by atoms with Gasteiger partial charge in [0.2, 0.25) is 12.0 Å². The third kappa shape index (κ3) is 14.1. The Morgan fingerprint density at radius 3 is 2.26 bits per heavy atom. The summed E-state index contributed by atoms with van der Waals surface area (Å²) in [6.07, 6.45) is 8.77. The normalized spacial score (nSPS) is 20.9. The molecule has 16 nitrogen and oxygen atoms in total. The van der Waals surface area contributed by atoms with E-state index in [9.17, 15) is 4.79 Å². The molecule has 3 aromatic heterocycles. The Morgan fingerprint density at radius 2 is 1.57 bits per heavy atom. The van der Waals surface area contributed by atoms with E-state index in [1.165, 1.54) is 11.2 Å². The van der Waals surface area contributed by atoms with Gasteiger partial charge >= 0.3 is 5.97 Å². The van der Waals surface area contributed by atoms with E-state index in [4.69, 9.17) is 85.8 Å². The molecule has 0 spiro atoms. The first-order valence-corrected chi connectivity index (χ1v) is 28.5. The number of thiophene rings is 1. The number of methoxy groups -OCH3 is 1. The van der Waals surface area contributed by atoms with Crippen LogP contribution in [-0.4, -0.2) is 153 Å². The van der Waals surface area contributed by atoms with Crippen molar-refractivity contribution in [2.75, 3.05) is 93.1 Å². The molecule has 2 atom stereocenters. The van der Waals surface area contributed by atoms with Gasteiger partial charge in [-0.25, -0.2) is 24.7 Å². The Labute approximate surface area is 461 Å². The zero-order valence-corrected chi connectivity index (χ0v) is 47.5. The predicted molar refractivity (Wildman–Crippen MR) is 294 cm³/mol. The monoisotopic (exact) mass is 1100 g/mol. The molecule has 0 unspecified atom stereocenters. The molecule has 6 heterocycles. The van der Waals surface area contributed by atoms with Crippen molar-refractivity contribution in [1.29, 1.82) is 0 Å². The zero-order valence-electron chi connectivity index (χ0n) is 45.1. The summed E-state index contributed by atoms with van der Waals surface area (Å²) in [5.74, 6) is 2.51. The van der Waals surface area contributed by atoms with E-state index < -0.39 is 23.8 Å². The molecule has 0 radical (unpaired) electrons. The number of hydrogen-bond donors (Lipinski definition) is 0. The molecular formula is C57H74Cl2N6O10S. The van der Waals surface area contributed by atoms with Gasteiger partial charge in [0, 0.05) is 74.4 Å². The van der Waals surface area contributed by atoms with E-state index in [2.05, 4.69) is 16.8 Å². The second-order valence-electron chi connectivity index (χ2n) is 21.4. The van der Waals surface area contributed by atoms with Gasteiger partial charge in [-0.2, -0.15) is 0 Å². The summed E-state index contributed by atoms with van der Waals surface area (Å²) in [7, 11) is 3.80. The fourth-order valence-corrected chi connectivity index (χ4v) is 12.1. The summed E-state index contributed by atoms with van der Waals surface area (Å²) in [6.45, 7) is 17.4. The molecular weight excluding hydrogens is 1030 g/mol. The lowest BCUT2D eigenvalue weighted by Gasteiger charge is -2.35. The number of carbonyl (C=O) groups excluding carboxylic acids is 1. The molecule has 2 aromatic carbocycles. The third-order valence-corrected chi connectivity index (χ3v) is 16.9. The first kappa shape index (κ1) is 56.3. The van der Waals surface area contributed by atoms with Crippen molar-refractivity contribution in [2.24, 2.45) is 0 Å². The fraction of sp³-hybridized carbons (Fsp3) is 0.596. The molecule has 10 rings (SSSR count). The van der Waals surface area contributed by atoms with E-state index in [-0.39, 0.29) is 37.5 Å². The second-order valence-corrected chi connectivity index (χ2v) is 23.2. The van der Waals surface area contributed by atoms with Crippen molar-refractivity contribution >= 4 is 50.7 Å². The van der Waals surface area contributed by atoms with Crippen molar-refractivity contribution in [1.82, 2.24) is 29.7 Å². The van der Waals surface area contributed by atoms with Crippen LogP contribution in [0, 0.1) is 13.8 Å². The number of ether oxygens (including phenoxy) is 9. The van der Waals surface area contributed by atoms with E-state index in [0.29, 0.717) is 90.3 Å². The number of esters is 1. The number of likely N-dealkylation sites (N-methyl/N-ethyl adjacent to an activating group) is 1. The topological polar surface area (TPSA) is 158 Å². The van der Waals surface area contributed by atoms with Crippen LogP contribution in [0.15, 0.2) is 36.8 Å². The maximum atomic E-state index is 14.6.